The van der Waals surface area contributed by atoms with Gasteiger partial charge in [0.05, 0.1) is 11.1 Å². The first-order valence-electron chi connectivity index (χ1n) is 7.37. The Morgan fingerprint density at radius 3 is 2.55 bits per heavy atom. The van der Waals surface area contributed by atoms with Gasteiger partial charge in [-0.1, -0.05) is 19.8 Å². The van der Waals surface area contributed by atoms with Crippen molar-refractivity contribution in [2.75, 3.05) is 11.9 Å². The van der Waals surface area contributed by atoms with E-state index in [0.717, 1.165) is 24.1 Å². The largest absolute Gasteiger partial charge is 0.385 e. The minimum absolute atomic E-state index is 0.292. The minimum Gasteiger partial charge on any atom is -0.385 e. The monoisotopic (exact) mass is 272 g/mol. The molecule has 1 heterocycles. The van der Waals surface area contributed by atoms with Crippen LogP contribution in [0, 0.1) is 11.8 Å². The van der Waals surface area contributed by atoms with E-state index in [9.17, 15) is 9.59 Å². The van der Waals surface area contributed by atoms with Crippen molar-refractivity contribution in [1.82, 2.24) is 5.32 Å². The van der Waals surface area contributed by atoms with Crippen LogP contribution in [0.15, 0.2) is 18.2 Å². The van der Waals surface area contributed by atoms with Crippen molar-refractivity contribution in [1.29, 1.82) is 0 Å². The second-order valence-electron chi connectivity index (χ2n) is 6.05. The highest BCUT2D eigenvalue weighted by Gasteiger charge is 2.26. The summed E-state index contributed by atoms with van der Waals surface area (Å²) in [5.74, 6) is 0.994. The Morgan fingerprint density at radius 1 is 1.10 bits per heavy atom. The van der Waals surface area contributed by atoms with Gasteiger partial charge in [0.2, 0.25) is 0 Å². The zero-order valence-electron chi connectivity index (χ0n) is 11.7. The SMILES string of the molecule is CC1CCC(CNc2ccc3c(c2)C(=O)NC3=O)CC1. The van der Waals surface area contributed by atoms with E-state index in [0.29, 0.717) is 11.1 Å². The fourth-order valence-electron chi connectivity index (χ4n) is 3.07. The Morgan fingerprint density at radius 2 is 1.80 bits per heavy atom. The average Bonchev–Trinajstić information content (AvgIpc) is 2.73. The lowest BCUT2D eigenvalue weighted by molar-refractivity contribution is 0.0879. The second-order valence-corrected chi connectivity index (χ2v) is 6.05. The Balaban J connectivity index is 1.63. The van der Waals surface area contributed by atoms with Gasteiger partial charge in [-0.2, -0.15) is 0 Å². The number of rotatable bonds is 3. The quantitative estimate of drug-likeness (QED) is 0.832. The molecule has 0 spiro atoms. The number of nitrogens with one attached hydrogen (secondary N) is 2. The van der Waals surface area contributed by atoms with Gasteiger partial charge in [-0.15, -0.1) is 0 Å². The van der Waals surface area contributed by atoms with Gasteiger partial charge < -0.3 is 5.32 Å². The normalized spacial score (nSPS) is 25.2. The maximum Gasteiger partial charge on any atom is 0.259 e. The lowest BCUT2D eigenvalue weighted by Crippen LogP contribution is -2.20. The van der Waals surface area contributed by atoms with E-state index in [1.807, 2.05) is 6.07 Å². The highest BCUT2D eigenvalue weighted by molar-refractivity contribution is 6.21. The van der Waals surface area contributed by atoms with Gasteiger partial charge in [0.1, 0.15) is 0 Å². The van der Waals surface area contributed by atoms with E-state index in [1.54, 1.807) is 12.1 Å². The molecule has 1 aromatic rings. The van der Waals surface area contributed by atoms with Crippen LogP contribution in [0.4, 0.5) is 5.69 Å². The van der Waals surface area contributed by atoms with Crippen LogP contribution in [-0.2, 0) is 0 Å². The molecule has 0 atom stereocenters. The molecule has 1 aromatic carbocycles. The first kappa shape index (κ1) is 13.2. The zero-order valence-corrected chi connectivity index (χ0v) is 11.7. The molecule has 4 heteroatoms. The van der Waals surface area contributed by atoms with Crippen LogP contribution in [0.3, 0.4) is 0 Å². The smallest absolute Gasteiger partial charge is 0.259 e. The number of imide groups is 1. The van der Waals surface area contributed by atoms with Crippen molar-refractivity contribution in [2.45, 2.75) is 32.6 Å². The third-order valence-corrected chi connectivity index (χ3v) is 4.47. The molecule has 1 saturated carbocycles. The van der Waals surface area contributed by atoms with Crippen molar-refractivity contribution >= 4 is 17.5 Å². The highest BCUT2D eigenvalue weighted by Crippen LogP contribution is 2.28. The molecule has 2 amide bonds. The summed E-state index contributed by atoms with van der Waals surface area (Å²) >= 11 is 0. The number of carbonyl (C=O) groups is 2. The molecule has 0 aromatic heterocycles. The molecule has 2 aliphatic rings. The fraction of sp³-hybridized carbons (Fsp3) is 0.500. The summed E-state index contributed by atoms with van der Waals surface area (Å²) in [4.78, 5) is 23.1. The number of anilines is 1. The van der Waals surface area contributed by atoms with Crippen LogP contribution in [0.1, 0.15) is 53.3 Å². The Hall–Kier alpha value is -1.84. The number of hydrogen-bond donors (Lipinski definition) is 2. The average molecular weight is 272 g/mol. The van der Waals surface area contributed by atoms with E-state index in [1.165, 1.54) is 25.7 Å². The van der Waals surface area contributed by atoms with Crippen LogP contribution in [0.2, 0.25) is 0 Å². The van der Waals surface area contributed by atoms with Crippen molar-refractivity contribution in [3.8, 4) is 0 Å². The molecule has 0 saturated heterocycles. The third-order valence-electron chi connectivity index (χ3n) is 4.47. The number of benzene rings is 1. The molecular weight excluding hydrogens is 252 g/mol. The zero-order chi connectivity index (χ0) is 14.1. The predicted molar refractivity (Wildman–Crippen MR) is 77.9 cm³/mol. The van der Waals surface area contributed by atoms with Crippen molar-refractivity contribution < 1.29 is 9.59 Å². The minimum atomic E-state index is -0.294. The molecular formula is C16H20N2O2. The van der Waals surface area contributed by atoms with E-state index in [4.69, 9.17) is 0 Å². The molecule has 0 radical (unpaired) electrons. The van der Waals surface area contributed by atoms with Crippen LogP contribution >= 0.6 is 0 Å². The van der Waals surface area contributed by atoms with Gasteiger partial charge in [0.25, 0.3) is 11.8 Å². The van der Waals surface area contributed by atoms with Crippen LogP contribution < -0.4 is 10.6 Å². The van der Waals surface area contributed by atoms with Crippen LogP contribution in [0.25, 0.3) is 0 Å². The first-order chi connectivity index (χ1) is 9.63. The lowest BCUT2D eigenvalue weighted by Gasteiger charge is -2.26. The Bertz CT molecular complexity index is 545. The van der Waals surface area contributed by atoms with E-state index in [2.05, 4.69) is 17.6 Å². The standard InChI is InChI=1S/C16H20N2O2/c1-10-2-4-11(5-3-10)9-17-12-6-7-13-14(8-12)16(20)18-15(13)19/h6-8,10-11,17H,2-5,9H2,1H3,(H,18,19,20). The first-order valence-corrected chi connectivity index (χ1v) is 7.37. The summed E-state index contributed by atoms with van der Waals surface area (Å²) in [6.07, 6.45) is 5.18. The van der Waals surface area contributed by atoms with Crippen molar-refractivity contribution in [2.24, 2.45) is 11.8 Å². The molecule has 1 aliphatic carbocycles. The molecule has 3 rings (SSSR count). The molecule has 20 heavy (non-hydrogen) atoms. The number of carbonyl (C=O) groups excluding carboxylic acids is 2. The summed E-state index contributed by atoms with van der Waals surface area (Å²) in [6.45, 7) is 3.26. The maximum absolute atomic E-state index is 11.6. The summed E-state index contributed by atoms with van der Waals surface area (Å²) in [5, 5.41) is 5.72. The molecule has 0 unspecified atom stereocenters. The highest BCUT2D eigenvalue weighted by atomic mass is 16.2. The van der Waals surface area contributed by atoms with Crippen LogP contribution in [0.5, 0.6) is 0 Å². The van der Waals surface area contributed by atoms with Gasteiger partial charge in [0, 0.05) is 12.2 Å². The predicted octanol–water partition coefficient (Wildman–Crippen LogP) is 2.81. The number of amides is 2. The van der Waals surface area contributed by atoms with E-state index < -0.39 is 0 Å². The summed E-state index contributed by atoms with van der Waals surface area (Å²) < 4.78 is 0. The Kier molecular flexibility index (Phi) is 3.47. The van der Waals surface area contributed by atoms with E-state index in [-0.39, 0.29) is 11.8 Å². The number of fused-ring (bicyclic) bond motifs is 1. The van der Waals surface area contributed by atoms with Crippen LogP contribution in [-0.4, -0.2) is 18.4 Å². The van der Waals surface area contributed by atoms with Crippen molar-refractivity contribution in [3.05, 3.63) is 29.3 Å². The molecule has 106 valence electrons. The number of hydrogen-bond acceptors (Lipinski definition) is 3. The van der Waals surface area contributed by atoms with Gasteiger partial charge in [-0.3, -0.25) is 14.9 Å². The fourth-order valence-corrected chi connectivity index (χ4v) is 3.07. The third kappa shape index (κ3) is 2.55. The van der Waals surface area contributed by atoms with Gasteiger partial charge in [-0.25, -0.2) is 0 Å². The second kappa shape index (κ2) is 5.27. The molecule has 2 N–H and O–H groups in total. The molecule has 1 aliphatic heterocycles. The van der Waals surface area contributed by atoms with E-state index >= 15 is 0 Å². The lowest BCUT2D eigenvalue weighted by atomic mass is 9.83. The summed E-state index contributed by atoms with van der Waals surface area (Å²) in [5.41, 5.74) is 1.89. The molecule has 0 bridgehead atoms. The maximum atomic E-state index is 11.6. The summed E-state index contributed by atoms with van der Waals surface area (Å²) in [7, 11) is 0. The Labute approximate surface area is 118 Å². The van der Waals surface area contributed by atoms with Crippen molar-refractivity contribution in [3.63, 3.8) is 0 Å². The van der Waals surface area contributed by atoms with Gasteiger partial charge >= 0.3 is 0 Å². The summed E-state index contributed by atoms with van der Waals surface area (Å²) in [6, 6.07) is 5.38. The van der Waals surface area contributed by atoms with Gasteiger partial charge in [0.15, 0.2) is 0 Å². The molecule has 4 nitrogen and oxygen atoms in total. The molecule has 1 fully saturated rings. The topological polar surface area (TPSA) is 58.2 Å². The van der Waals surface area contributed by atoms with Gasteiger partial charge in [-0.05, 0) is 42.9 Å².